The van der Waals surface area contributed by atoms with Gasteiger partial charge in [0.25, 0.3) is 0 Å². The number of nitrogens with one attached hydrogen (secondary N) is 1. The second-order valence-corrected chi connectivity index (χ2v) is 4.55. The lowest BCUT2D eigenvalue weighted by molar-refractivity contribution is 0.211. The third kappa shape index (κ3) is 2.10. The second kappa shape index (κ2) is 4.22. The minimum Gasteiger partial charge on any atom is -0.395 e. The molecular weight excluding hydrogens is 182 g/mol. The smallest absolute Gasteiger partial charge is 0.0584 e. The first kappa shape index (κ1) is 9.19. The average Bonchev–Trinajstić information content (AvgIpc) is 2.71. The Kier molecular flexibility index (Phi) is 2.98. The molecule has 0 spiro atoms. The Labute approximate surface area is 82.6 Å². The molecule has 2 N–H and O–H groups in total. The number of thiophene rings is 1. The van der Waals surface area contributed by atoms with E-state index in [1.807, 2.05) is 11.3 Å². The fraction of sp³-hybridized carbons (Fsp3) is 0.600. The summed E-state index contributed by atoms with van der Waals surface area (Å²) >= 11 is 1.83. The molecule has 3 heteroatoms. The molecule has 2 atom stereocenters. The van der Waals surface area contributed by atoms with Gasteiger partial charge in [0.05, 0.1) is 6.61 Å². The van der Waals surface area contributed by atoms with Gasteiger partial charge in [-0.3, -0.25) is 0 Å². The first-order chi connectivity index (χ1) is 6.40. The third-order valence-electron chi connectivity index (χ3n) is 2.66. The van der Waals surface area contributed by atoms with Gasteiger partial charge in [-0.05, 0) is 36.8 Å². The molecule has 2 rings (SSSR count). The van der Waals surface area contributed by atoms with Gasteiger partial charge in [-0.15, -0.1) is 11.3 Å². The van der Waals surface area contributed by atoms with Gasteiger partial charge >= 0.3 is 0 Å². The molecule has 0 aromatic carbocycles. The molecule has 0 aliphatic carbocycles. The molecule has 0 amide bonds. The van der Waals surface area contributed by atoms with Crippen molar-refractivity contribution < 1.29 is 5.11 Å². The number of piperidine rings is 1. The van der Waals surface area contributed by atoms with Gasteiger partial charge in [0, 0.05) is 10.9 Å². The van der Waals surface area contributed by atoms with Crippen LogP contribution in [0.3, 0.4) is 0 Å². The van der Waals surface area contributed by atoms with Crippen LogP contribution in [0.5, 0.6) is 0 Å². The van der Waals surface area contributed by atoms with Crippen LogP contribution in [-0.2, 0) is 0 Å². The molecular formula is C10H15NOS. The molecule has 0 bridgehead atoms. The Hall–Kier alpha value is -0.380. The molecule has 0 saturated carbocycles. The molecule has 72 valence electrons. The summed E-state index contributed by atoms with van der Waals surface area (Å²) in [7, 11) is 0. The summed E-state index contributed by atoms with van der Waals surface area (Å²) < 4.78 is 0. The van der Waals surface area contributed by atoms with Crippen LogP contribution in [0, 0.1) is 0 Å². The van der Waals surface area contributed by atoms with Crippen molar-refractivity contribution >= 4 is 11.3 Å². The zero-order valence-electron chi connectivity index (χ0n) is 7.57. The molecule has 2 heterocycles. The molecule has 1 aromatic heterocycles. The van der Waals surface area contributed by atoms with Gasteiger partial charge in [-0.25, -0.2) is 0 Å². The van der Waals surface area contributed by atoms with Crippen LogP contribution in [0.4, 0.5) is 0 Å². The van der Waals surface area contributed by atoms with Crippen molar-refractivity contribution in [1.29, 1.82) is 0 Å². The second-order valence-electron chi connectivity index (χ2n) is 3.57. The van der Waals surface area contributed by atoms with Crippen LogP contribution < -0.4 is 5.32 Å². The Balaban J connectivity index is 2.00. The van der Waals surface area contributed by atoms with Crippen molar-refractivity contribution in [2.24, 2.45) is 0 Å². The van der Waals surface area contributed by atoms with E-state index < -0.39 is 0 Å². The maximum Gasteiger partial charge on any atom is 0.0584 e. The maximum absolute atomic E-state index is 9.05. The van der Waals surface area contributed by atoms with Crippen molar-refractivity contribution in [2.45, 2.75) is 24.8 Å². The lowest BCUT2D eigenvalue weighted by Gasteiger charge is -2.28. The molecule has 1 aromatic rings. The zero-order valence-corrected chi connectivity index (χ0v) is 8.39. The Morgan fingerprint density at radius 1 is 1.62 bits per heavy atom. The van der Waals surface area contributed by atoms with E-state index in [1.54, 1.807) is 0 Å². The van der Waals surface area contributed by atoms with Crippen molar-refractivity contribution in [3.8, 4) is 0 Å². The van der Waals surface area contributed by atoms with Crippen LogP contribution >= 0.6 is 11.3 Å². The molecule has 0 radical (unpaired) electrons. The van der Waals surface area contributed by atoms with Crippen molar-refractivity contribution in [2.75, 3.05) is 13.2 Å². The van der Waals surface area contributed by atoms with Crippen LogP contribution in [0.1, 0.15) is 23.6 Å². The summed E-state index contributed by atoms with van der Waals surface area (Å²) in [6.07, 6.45) is 2.29. The summed E-state index contributed by atoms with van der Waals surface area (Å²) in [6, 6.07) is 4.62. The SMILES string of the molecule is OCC1CC(c2cccs2)CCN1. The first-order valence-electron chi connectivity index (χ1n) is 4.78. The van der Waals surface area contributed by atoms with E-state index in [-0.39, 0.29) is 6.61 Å². The number of aliphatic hydroxyl groups excluding tert-OH is 1. The van der Waals surface area contributed by atoms with Gasteiger partial charge in [0.15, 0.2) is 0 Å². The minimum absolute atomic E-state index is 0.266. The fourth-order valence-corrected chi connectivity index (χ4v) is 2.81. The molecule has 13 heavy (non-hydrogen) atoms. The van der Waals surface area contributed by atoms with E-state index in [0.717, 1.165) is 13.0 Å². The van der Waals surface area contributed by atoms with Gasteiger partial charge in [-0.1, -0.05) is 6.07 Å². The summed E-state index contributed by atoms with van der Waals surface area (Å²) in [4.78, 5) is 1.47. The monoisotopic (exact) mass is 197 g/mol. The maximum atomic E-state index is 9.05. The van der Waals surface area contributed by atoms with E-state index in [9.17, 15) is 0 Å². The van der Waals surface area contributed by atoms with Crippen molar-refractivity contribution in [3.63, 3.8) is 0 Å². The topological polar surface area (TPSA) is 32.3 Å². The summed E-state index contributed by atoms with van der Waals surface area (Å²) in [5.41, 5.74) is 0. The minimum atomic E-state index is 0.266. The molecule has 1 aliphatic rings. The lowest BCUT2D eigenvalue weighted by atomic mass is 9.91. The summed E-state index contributed by atoms with van der Waals surface area (Å²) in [5, 5.41) is 14.5. The average molecular weight is 197 g/mol. The predicted molar refractivity (Wildman–Crippen MR) is 55.2 cm³/mol. The van der Waals surface area contributed by atoms with Gasteiger partial charge in [-0.2, -0.15) is 0 Å². The quantitative estimate of drug-likeness (QED) is 0.754. The highest BCUT2D eigenvalue weighted by molar-refractivity contribution is 7.10. The van der Waals surface area contributed by atoms with E-state index in [0.29, 0.717) is 12.0 Å². The zero-order chi connectivity index (χ0) is 9.10. The van der Waals surface area contributed by atoms with Gasteiger partial charge < -0.3 is 10.4 Å². The lowest BCUT2D eigenvalue weighted by Crippen LogP contribution is -2.39. The molecule has 2 unspecified atom stereocenters. The first-order valence-corrected chi connectivity index (χ1v) is 5.65. The van der Waals surface area contributed by atoms with E-state index in [2.05, 4.69) is 22.8 Å². The Bertz CT molecular complexity index is 247. The molecule has 1 aliphatic heterocycles. The van der Waals surface area contributed by atoms with Gasteiger partial charge in [0.2, 0.25) is 0 Å². The Morgan fingerprint density at radius 2 is 2.54 bits per heavy atom. The van der Waals surface area contributed by atoms with E-state index in [1.165, 1.54) is 11.3 Å². The fourth-order valence-electron chi connectivity index (χ4n) is 1.93. The number of aliphatic hydroxyl groups is 1. The molecule has 2 nitrogen and oxygen atoms in total. The molecule has 1 saturated heterocycles. The third-order valence-corrected chi connectivity index (χ3v) is 3.70. The highest BCUT2D eigenvalue weighted by atomic mass is 32.1. The van der Waals surface area contributed by atoms with E-state index >= 15 is 0 Å². The van der Waals surface area contributed by atoms with Gasteiger partial charge in [0.1, 0.15) is 0 Å². The number of hydrogen-bond donors (Lipinski definition) is 2. The normalized spacial score (nSPS) is 29.0. The van der Waals surface area contributed by atoms with Crippen molar-refractivity contribution in [3.05, 3.63) is 22.4 Å². The van der Waals surface area contributed by atoms with Crippen LogP contribution in [0.25, 0.3) is 0 Å². The molecule has 1 fully saturated rings. The number of hydrogen-bond acceptors (Lipinski definition) is 3. The Morgan fingerprint density at radius 3 is 3.23 bits per heavy atom. The largest absolute Gasteiger partial charge is 0.395 e. The van der Waals surface area contributed by atoms with Crippen molar-refractivity contribution in [1.82, 2.24) is 5.32 Å². The van der Waals surface area contributed by atoms with Crippen LogP contribution in [-0.4, -0.2) is 24.3 Å². The number of rotatable bonds is 2. The van der Waals surface area contributed by atoms with Crippen LogP contribution in [0.15, 0.2) is 17.5 Å². The summed E-state index contributed by atoms with van der Waals surface area (Å²) in [6.45, 7) is 1.30. The van der Waals surface area contributed by atoms with E-state index in [4.69, 9.17) is 5.11 Å². The highest BCUT2D eigenvalue weighted by Crippen LogP contribution is 2.30. The predicted octanol–water partition coefficient (Wildman–Crippen LogP) is 1.58. The summed E-state index contributed by atoms with van der Waals surface area (Å²) in [5.74, 6) is 0.665. The standard InChI is InChI=1S/C10H15NOS/c12-7-9-6-8(3-4-11-9)10-2-1-5-13-10/h1-2,5,8-9,11-12H,3-4,6-7H2. The highest BCUT2D eigenvalue weighted by Gasteiger charge is 2.22. The van der Waals surface area contributed by atoms with Crippen LogP contribution in [0.2, 0.25) is 0 Å².